The number of aromatic amines is 1. The molecule has 6 nitrogen and oxygen atoms in total. The molecule has 0 saturated carbocycles. The van der Waals surface area contributed by atoms with E-state index in [0.717, 1.165) is 17.0 Å². The van der Waals surface area contributed by atoms with Gasteiger partial charge in [0.25, 0.3) is 5.91 Å². The van der Waals surface area contributed by atoms with E-state index in [9.17, 15) is 4.79 Å². The summed E-state index contributed by atoms with van der Waals surface area (Å²) in [5.41, 5.74) is 3.36. The van der Waals surface area contributed by atoms with Gasteiger partial charge in [0.05, 0.1) is 31.5 Å². The number of amides is 1. The summed E-state index contributed by atoms with van der Waals surface area (Å²) in [6, 6.07) is 5.17. The molecule has 6 heteroatoms. The number of carbonyl (C=O) groups excluding carboxylic acids is 1. The summed E-state index contributed by atoms with van der Waals surface area (Å²) in [5, 5.41) is 7.16. The molecule has 124 valence electrons. The molecule has 23 heavy (non-hydrogen) atoms. The molecule has 0 bridgehead atoms. The Morgan fingerprint density at radius 1 is 1.26 bits per heavy atom. The van der Waals surface area contributed by atoms with Crippen molar-refractivity contribution in [3.8, 4) is 11.5 Å². The highest BCUT2D eigenvalue weighted by molar-refractivity contribution is 5.98. The number of carbonyl (C=O) groups is 1. The topological polar surface area (TPSA) is 67.5 Å². The minimum Gasteiger partial charge on any atom is -0.493 e. The number of benzene rings is 1. The fraction of sp³-hybridized carbons (Fsp3) is 0.412. The predicted molar refractivity (Wildman–Crippen MR) is 88.1 cm³/mol. The van der Waals surface area contributed by atoms with Crippen molar-refractivity contribution in [2.75, 3.05) is 21.3 Å². The monoisotopic (exact) mass is 317 g/mol. The molecular weight excluding hydrogens is 294 g/mol. The Bertz CT molecular complexity index is 690. The SMILES string of the molecule is COc1cccc(C(=O)N(C)[C@H](C)c2c(C)n[nH]c2C)c1OC. The summed E-state index contributed by atoms with van der Waals surface area (Å²) in [4.78, 5) is 14.6. The normalized spacial score (nSPS) is 11.9. The van der Waals surface area contributed by atoms with Gasteiger partial charge < -0.3 is 14.4 Å². The van der Waals surface area contributed by atoms with Crippen LogP contribution in [0.4, 0.5) is 0 Å². The summed E-state index contributed by atoms with van der Waals surface area (Å²) >= 11 is 0. The first-order valence-corrected chi connectivity index (χ1v) is 7.42. The molecule has 0 saturated heterocycles. The zero-order valence-corrected chi connectivity index (χ0v) is 14.4. The van der Waals surface area contributed by atoms with E-state index >= 15 is 0 Å². The zero-order chi connectivity index (χ0) is 17.1. The largest absolute Gasteiger partial charge is 0.493 e. The fourth-order valence-electron chi connectivity index (χ4n) is 2.79. The molecule has 0 fully saturated rings. The van der Waals surface area contributed by atoms with Crippen LogP contribution in [0.5, 0.6) is 11.5 Å². The summed E-state index contributed by atoms with van der Waals surface area (Å²) in [6.07, 6.45) is 0. The molecule has 1 aromatic carbocycles. The Morgan fingerprint density at radius 2 is 1.96 bits per heavy atom. The van der Waals surface area contributed by atoms with Crippen LogP contribution in [-0.2, 0) is 0 Å². The molecule has 0 aliphatic heterocycles. The molecule has 1 N–H and O–H groups in total. The van der Waals surface area contributed by atoms with E-state index in [4.69, 9.17) is 9.47 Å². The van der Waals surface area contributed by atoms with Crippen molar-refractivity contribution in [1.82, 2.24) is 15.1 Å². The minimum atomic E-state index is -0.131. The molecule has 1 atom stereocenters. The molecule has 2 aromatic rings. The average molecular weight is 317 g/mol. The molecule has 1 amide bonds. The number of nitrogens with zero attached hydrogens (tertiary/aromatic N) is 2. The van der Waals surface area contributed by atoms with Gasteiger partial charge in [-0.3, -0.25) is 9.89 Å². The van der Waals surface area contributed by atoms with Crippen LogP contribution in [0, 0.1) is 13.8 Å². The van der Waals surface area contributed by atoms with Gasteiger partial charge in [-0.25, -0.2) is 0 Å². The standard InChI is InChI=1S/C17H23N3O3/c1-10-15(11(2)19-18-10)12(3)20(4)17(21)13-8-7-9-14(22-5)16(13)23-6/h7-9,12H,1-6H3,(H,18,19)/t12-/m1/s1. The number of methoxy groups -OCH3 is 2. The molecule has 0 spiro atoms. The van der Waals surface area contributed by atoms with Crippen molar-refractivity contribution in [3.63, 3.8) is 0 Å². The van der Waals surface area contributed by atoms with Gasteiger partial charge in [0.2, 0.25) is 0 Å². The molecule has 0 aliphatic carbocycles. The van der Waals surface area contributed by atoms with E-state index in [2.05, 4.69) is 10.2 Å². The first kappa shape index (κ1) is 16.9. The number of H-pyrrole nitrogens is 1. The molecule has 1 heterocycles. The van der Waals surface area contributed by atoms with Crippen molar-refractivity contribution in [2.24, 2.45) is 0 Å². The highest BCUT2D eigenvalue weighted by Gasteiger charge is 2.26. The summed E-state index contributed by atoms with van der Waals surface area (Å²) < 4.78 is 10.6. The van der Waals surface area contributed by atoms with Crippen LogP contribution >= 0.6 is 0 Å². The second kappa shape index (κ2) is 6.73. The van der Waals surface area contributed by atoms with Gasteiger partial charge in [0, 0.05) is 18.3 Å². The van der Waals surface area contributed by atoms with Crippen LogP contribution in [0.25, 0.3) is 0 Å². The Morgan fingerprint density at radius 3 is 2.48 bits per heavy atom. The van der Waals surface area contributed by atoms with Gasteiger partial charge in [-0.1, -0.05) is 6.07 Å². The number of hydrogen-bond acceptors (Lipinski definition) is 4. The summed E-state index contributed by atoms with van der Waals surface area (Å²) in [5.74, 6) is 0.850. The Balaban J connectivity index is 2.37. The third kappa shape index (κ3) is 3.02. The third-order valence-electron chi connectivity index (χ3n) is 4.14. The van der Waals surface area contributed by atoms with E-state index in [1.165, 1.54) is 7.11 Å². The van der Waals surface area contributed by atoms with Gasteiger partial charge in [-0.2, -0.15) is 5.10 Å². The maximum atomic E-state index is 12.9. The van der Waals surface area contributed by atoms with E-state index in [1.807, 2.05) is 20.8 Å². The molecule has 0 radical (unpaired) electrons. The van der Waals surface area contributed by atoms with Crippen molar-refractivity contribution in [2.45, 2.75) is 26.8 Å². The maximum absolute atomic E-state index is 12.9. The number of aromatic nitrogens is 2. The lowest BCUT2D eigenvalue weighted by Gasteiger charge is -2.26. The number of ether oxygens (including phenoxy) is 2. The Kier molecular flexibility index (Phi) is 4.93. The van der Waals surface area contributed by atoms with E-state index in [-0.39, 0.29) is 11.9 Å². The van der Waals surface area contributed by atoms with Crippen molar-refractivity contribution < 1.29 is 14.3 Å². The lowest BCUT2D eigenvalue weighted by atomic mass is 10.0. The molecular formula is C17H23N3O3. The average Bonchev–Trinajstić information content (AvgIpc) is 2.90. The molecule has 1 aromatic heterocycles. The minimum absolute atomic E-state index is 0.114. The second-order valence-electron chi connectivity index (χ2n) is 5.48. The van der Waals surface area contributed by atoms with Crippen LogP contribution in [0.1, 0.15) is 40.3 Å². The van der Waals surface area contributed by atoms with Crippen molar-refractivity contribution >= 4 is 5.91 Å². The molecule has 0 aliphatic rings. The van der Waals surface area contributed by atoms with Gasteiger partial charge in [0.15, 0.2) is 11.5 Å². The van der Waals surface area contributed by atoms with Gasteiger partial charge in [-0.15, -0.1) is 0 Å². The smallest absolute Gasteiger partial charge is 0.258 e. The first-order valence-electron chi connectivity index (χ1n) is 7.42. The predicted octanol–water partition coefficient (Wildman–Crippen LogP) is 2.88. The fourth-order valence-corrected chi connectivity index (χ4v) is 2.79. The van der Waals surface area contributed by atoms with Crippen LogP contribution in [0.3, 0.4) is 0 Å². The first-order chi connectivity index (χ1) is 10.9. The number of aryl methyl sites for hydroxylation is 2. The van der Waals surface area contributed by atoms with Crippen molar-refractivity contribution in [3.05, 3.63) is 40.7 Å². The summed E-state index contributed by atoms with van der Waals surface area (Å²) in [6.45, 7) is 5.87. The van der Waals surface area contributed by atoms with Crippen LogP contribution in [0.15, 0.2) is 18.2 Å². The van der Waals surface area contributed by atoms with Gasteiger partial charge in [0.1, 0.15) is 0 Å². The Labute approximate surface area is 136 Å². The van der Waals surface area contributed by atoms with E-state index < -0.39 is 0 Å². The molecule has 0 unspecified atom stereocenters. The second-order valence-corrected chi connectivity index (χ2v) is 5.48. The number of nitrogens with one attached hydrogen (secondary N) is 1. The molecule has 2 rings (SSSR count). The quantitative estimate of drug-likeness (QED) is 0.921. The zero-order valence-electron chi connectivity index (χ0n) is 14.4. The van der Waals surface area contributed by atoms with Crippen LogP contribution in [0.2, 0.25) is 0 Å². The summed E-state index contributed by atoms with van der Waals surface area (Å²) in [7, 11) is 4.86. The van der Waals surface area contributed by atoms with Crippen LogP contribution in [-0.4, -0.2) is 42.3 Å². The lowest BCUT2D eigenvalue weighted by molar-refractivity contribution is 0.0738. The lowest BCUT2D eigenvalue weighted by Crippen LogP contribution is -2.30. The van der Waals surface area contributed by atoms with Crippen LogP contribution < -0.4 is 9.47 Å². The third-order valence-corrected chi connectivity index (χ3v) is 4.14. The van der Waals surface area contributed by atoms with E-state index in [0.29, 0.717) is 17.1 Å². The maximum Gasteiger partial charge on any atom is 0.258 e. The van der Waals surface area contributed by atoms with Crippen molar-refractivity contribution in [1.29, 1.82) is 0 Å². The van der Waals surface area contributed by atoms with Gasteiger partial charge >= 0.3 is 0 Å². The highest BCUT2D eigenvalue weighted by Crippen LogP contribution is 2.33. The number of rotatable bonds is 5. The number of hydrogen-bond donors (Lipinski definition) is 1. The Hall–Kier alpha value is -2.50. The van der Waals surface area contributed by atoms with E-state index in [1.54, 1.807) is 37.3 Å². The highest BCUT2D eigenvalue weighted by atomic mass is 16.5. The number of para-hydroxylation sites is 1. The van der Waals surface area contributed by atoms with Gasteiger partial charge in [-0.05, 0) is 32.9 Å².